The summed E-state index contributed by atoms with van der Waals surface area (Å²) < 4.78 is 7.66. The van der Waals surface area contributed by atoms with E-state index in [4.69, 9.17) is 15.6 Å². The number of nitrogens with two attached hydrogens (primary N) is 1. The maximum atomic E-state index is 5.90. The molecule has 4 nitrogen and oxygen atoms in total. The van der Waals surface area contributed by atoms with E-state index in [1.54, 1.807) is 7.11 Å². The number of nitrogens with zero attached hydrogens (tertiary/aromatic N) is 2. The lowest BCUT2D eigenvalue weighted by Gasteiger charge is -2.16. The van der Waals surface area contributed by atoms with Crippen LogP contribution in [-0.4, -0.2) is 16.9 Å². The zero-order valence-corrected chi connectivity index (χ0v) is 12.0. The van der Waals surface area contributed by atoms with Crippen LogP contribution in [0.25, 0.3) is 0 Å². The predicted octanol–water partition coefficient (Wildman–Crippen LogP) is 2.76. The van der Waals surface area contributed by atoms with E-state index in [1.807, 2.05) is 0 Å². The molecule has 0 bridgehead atoms. The maximum absolute atomic E-state index is 5.90. The first-order valence-corrected chi connectivity index (χ1v) is 6.85. The van der Waals surface area contributed by atoms with E-state index in [0.717, 1.165) is 17.1 Å². The summed E-state index contributed by atoms with van der Waals surface area (Å²) in [6.45, 7) is 7.01. The number of methoxy groups -OCH3 is 1. The Labute approximate surface area is 110 Å². The number of rotatable bonds is 3. The van der Waals surface area contributed by atoms with Gasteiger partial charge in [-0.15, -0.1) is 0 Å². The van der Waals surface area contributed by atoms with Crippen LogP contribution < -0.4 is 10.5 Å². The average Bonchev–Trinajstić information content (AvgIpc) is 2.93. The molecule has 4 heteroatoms. The molecule has 0 amide bonds. The Hall–Kier alpha value is -1.03. The van der Waals surface area contributed by atoms with Crippen molar-refractivity contribution in [1.29, 1.82) is 0 Å². The van der Waals surface area contributed by atoms with Crippen molar-refractivity contribution in [3.8, 4) is 5.88 Å². The second-order valence-corrected chi connectivity index (χ2v) is 6.17. The number of hydrogen-bond acceptors (Lipinski definition) is 3. The highest BCUT2D eigenvalue weighted by atomic mass is 16.5. The van der Waals surface area contributed by atoms with Gasteiger partial charge in [-0.1, -0.05) is 33.6 Å². The Morgan fingerprint density at radius 2 is 1.94 bits per heavy atom. The first kappa shape index (κ1) is 13.4. The third-order valence-electron chi connectivity index (χ3n) is 3.74. The Bertz CT molecular complexity index is 411. The summed E-state index contributed by atoms with van der Waals surface area (Å²) in [4.78, 5) is 0. The average molecular weight is 251 g/mol. The first-order chi connectivity index (χ1) is 8.49. The first-order valence-electron chi connectivity index (χ1n) is 6.85. The lowest BCUT2D eigenvalue weighted by atomic mass is 9.89. The van der Waals surface area contributed by atoms with Gasteiger partial charge < -0.3 is 10.5 Å². The molecule has 1 aliphatic rings. The highest BCUT2D eigenvalue weighted by Crippen LogP contribution is 2.37. The van der Waals surface area contributed by atoms with Crippen molar-refractivity contribution in [2.24, 2.45) is 5.73 Å². The van der Waals surface area contributed by atoms with E-state index in [9.17, 15) is 0 Å². The summed E-state index contributed by atoms with van der Waals surface area (Å²) in [6, 6.07) is 0.487. The van der Waals surface area contributed by atoms with Crippen LogP contribution in [0.5, 0.6) is 5.88 Å². The van der Waals surface area contributed by atoms with Crippen LogP contribution in [-0.2, 0) is 12.0 Å². The van der Waals surface area contributed by atoms with Gasteiger partial charge in [0.15, 0.2) is 0 Å². The molecule has 0 aliphatic heterocycles. The van der Waals surface area contributed by atoms with E-state index in [0.29, 0.717) is 12.6 Å². The smallest absolute Gasteiger partial charge is 0.216 e. The Balaban J connectivity index is 2.49. The van der Waals surface area contributed by atoms with Crippen molar-refractivity contribution >= 4 is 0 Å². The summed E-state index contributed by atoms with van der Waals surface area (Å²) in [6.07, 6.45) is 4.98. The molecule has 1 aromatic rings. The fraction of sp³-hybridized carbons (Fsp3) is 0.786. The highest BCUT2D eigenvalue weighted by molar-refractivity contribution is 5.36. The number of ether oxygens (including phenoxy) is 1. The lowest BCUT2D eigenvalue weighted by Crippen LogP contribution is -2.16. The van der Waals surface area contributed by atoms with E-state index in [2.05, 4.69) is 25.5 Å². The zero-order chi connectivity index (χ0) is 13.3. The van der Waals surface area contributed by atoms with Gasteiger partial charge in [0, 0.05) is 12.0 Å². The molecule has 2 rings (SSSR count). The second kappa shape index (κ2) is 4.92. The van der Waals surface area contributed by atoms with Crippen LogP contribution in [0.2, 0.25) is 0 Å². The minimum atomic E-state index is 0.00579. The summed E-state index contributed by atoms with van der Waals surface area (Å²) in [5.41, 5.74) is 8.05. The van der Waals surface area contributed by atoms with Crippen molar-refractivity contribution in [2.45, 2.75) is 64.5 Å². The van der Waals surface area contributed by atoms with Gasteiger partial charge in [0.25, 0.3) is 0 Å². The molecule has 0 aromatic carbocycles. The summed E-state index contributed by atoms with van der Waals surface area (Å²) in [5.74, 6) is 0.870. The molecule has 0 spiro atoms. The summed E-state index contributed by atoms with van der Waals surface area (Å²) in [5, 5.41) is 4.82. The third kappa shape index (κ3) is 2.26. The molecule has 1 aliphatic carbocycles. The van der Waals surface area contributed by atoms with E-state index >= 15 is 0 Å². The van der Waals surface area contributed by atoms with Crippen LogP contribution in [0.1, 0.15) is 63.8 Å². The van der Waals surface area contributed by atoms with Crippen molar-refractivity contribution in [3.05, 3.63) is 11.3 Å². The quantitative estimate of drug-likeness (QED) is 0.898. The molecule has 1 fully saturated rings. The van der Waals surface area contributed by atoms with E-state index < -0.39 is 0 Å². The van der Waals surface area contributed by atoms with Gasteiger partial charge in [-0.3, -0.25) is 0 Å². The zero-order valence-electron chi connectivity index (χ0n) is 12.0. The molecule has 1 aromatic heterocycles. The van der Waals surface area contributed by atoms with Gasteiger partial charge in [-0.05, 0) is 12.8 Å². The molecule has 0 saturated heterocycles. The third-order valence-corrected chi connectivity index (χ3v) is 3.74. The molecule has 1 saturated carbocycles. The van der Waals surface area contributed by atoms with Crippen molar-refractivity contribution in [1.82, 2.24) is 9.78 Å². The molecule has 0 unspecified atom stereocenters. The van der Waals surface area contributed by atoms with Gasteiger partial charge in [-0.25, -0.2) is 4.68 Å². The fourth-order valence-corrected chi connectivity index (χ4v) is 2.85. The van der Waals surface area contributed by atoms with Gasteiger partial charge in [0.05, 0.1) is 24.4 Å². The maximum Gasteiger partial charge on any atom is 0.216 e. The minimum Gasteiger partial charge on any atom is -0.481 e. The molecule has 1 heterocycles. The SMILES string of the molecule is COc1c(CN)c(C(C)(C)C)nn1C1CCCC1. The van der Waals surface area contributed by atoms with Crippen molar-refractivity contribution in [2.75, 3.05) is 7.11 Å². The van der Waals surface area contributed by atoms with Crippen LogP contribution in [0.3, 0.4) is 0 Å². The fourth-order valence-electron chi connectivity index (χ4n) is 2.85. The molecule has 18 heavy (non-hydrogen) atoms. The second-order valence-electron chi connectivity index (χ2n) is 6.17. The van der Waals surface area contributed by atoms with Gasteiger partial charge in [-0.2, -0.15) is 5.10 Å². The lowest BCUT2D eigenvalue weighted by molar-refractivity contribution is 0.327. The topological polar surface area (TPSA) is 53.1 Å². The molecule has 0 radical (unpaired) electrons. The molecular weight excluding hydrogens is 226 g/mol. The molecule has 102 valence electrons. The summed E-state index contributed by atoms with van der Waals surface area (Å²) >= 11 is 0. The highest BCUT2D eigenvalue weighted by Gasteiger charge is 2.30. The van der Waals surface area contributed by atoms with Crippen molar-refractivity contribution < 1.29 is 4.74 Å². The van der Waals surface area contributed by atoms with Crippen LogP contribution in [0.15, 0.2) is 0 Å². The van der Waals surface area contributed by atoms with Crippen LogP contribution in [0.4, 0.5) is 0 Å². The molecule has 0 atom stereocenters. The normalized spacial score (nSPS) is 17.4. The van der Waals surface area contributed by atoms with Gasteiger partial charge >= 0.3 is 0 Å². The van der Waals surface area contributed by atoms with Crippen molar-refractivity contribution in [3.63, 3.8) is 0 Å². The predicted molar refractivity (Wildman–Crippen MR) is 72.9 cm³/mol. The monoisotopic (exact) mass is 251 g/mol. The minimum absolute atomic E-state index is 0.00579. The van der Waals surface area contributed by atoms with Gasteiger partial charge in [0.2, 0.25) is 5.88 Å². The standard InChI is InChI=1S/C14H25N3O/c1-14(2,3)12-11(9-15)13(18-4)17(16-12)10-7-5-6-8-10/h10H,5-9,15H2,1-4H3. The van der Waals surface area contributed by atoms with Crippen LogP contribution >= 0.6 is 0 Å². The number of hydrogen-bond donors (Lipinski definition) is 1. The summed E-state index contributed by atoms with van der Waals surface area (Å²) in [7, 11) is 1.72. The van der Waals surface area contributed by atoms with E-state index in [-0.39, 0.29) is 5.41 Å². The molecule has 2 N–H and O–H groups in total. The largest absolute Gasteiger partial charge is 0.481 e. The Morgan fingerprint density at radius 1 is 1.33 bits per heavy atom. The number of aromatic nitrogens is 2. The van der Waals surface area contributed by atoms with E-state index in [1.165, 1.54) is 25.7 Å². The van der Waals surface area contributed by atoms with Gasteiger partial charge in [0.1, 0.15) is 0 Å². The Kier molecular flexibility index (Phi) is 3.66. The Morgan fingerprint density at radius 3 is 2.39 bits per heavy atom. The van der Waals surface area contributed by atoms with Crippen LogP contribution in [0, 0.1) is 0 Å². The molecular formula is C14H25N3O.